The number of hydrogen-bond donors (Lipinski definition) is 1. The van der Waals surface area contributed by atoms with Crippen LogP contribution in [0.4, 0.5) is 5.82 Å². The molecule has 0 aliphatic rings. The normalized spacial score (nSPS) is 12.1. The quantitative estimate of drug-likeness (QED) is 0.845. The van der Waals surface area contributed by atoms with Crippen molar-refractivity contribution in [2.75, 3.05) is 32.1 Å². The maximum atomic E-state index is 11.9. The lowest BCUT2D eigenvalue weighted by Crippen LogP contribution is -2.38. The Morgan fingerprint density at radius 3 is 2.68 bits per heavy atom. The lowest BCUT2D eigenvalue weighted by atomic mass is 10.1. The van der Waals surface area contributed by atoms with Crippen molar-refractivity contribution in [3.63, 3.8) is 0 Å². The van der Waals surface area contributed by atoms with E-state index in [2.05, 4.69) is 11.9 Å². The van der Waals surface area contributed by atoms with Gasteiger partial charge in [-0.3, -0.25) is 4.79 Å². The third-order valence-corrected chi connectivity index (χ3v) is 2.88. The van der Waals surface area contributed by atoms with Crippen LogP contribution in [0.25, 0.3) is 0 Å². The Kier molecular flexibility index (Phi) is 5.76. The molecule has 0 saturated heterocycles. The molecule has 1 aromatic rings. The Morgan fingerprint density at radius 1 is 1.47 bits per heavy atom. The van der Waals surface area contributed by atoms with E-state index in [1.165, 1.54) is 0 Å². The van der Waals surface area contributed by atoms with E-state index in [0.717, 1.165) is 18.5 Å². The average molecular weight is 265 g/mol. The van der Waals surface area contributed by atoms with E-state index >= 15 is 0 Å². The molecule has 0 aliphatic heterocycles. The van der Waals surface area contributed by atoms with Crippen LogP contribution in [0.1, 0.15) is 31.9 Å². The lowest BCUT2D eigenvalue weighted by Gasteiger charge is -2.26. The van der Waals surface area contributed by atoms with Crippen LogP contribution in [0.3, 0.4) is 0 Å². The van der Waals surface area contributed by atoms with E-state index in [-0.39, 0.29) is 12.5 Å². The predicted octanol–water partition coefficient (Wildman–Crippen LogP) is 1.44. The molecule has 19 heavy (non-hydrogen) atoms. The molecule has 0 fully saturated rings. The topological polar surface area (TPSA) is 56.7 Å². The summed E-state index contributed by atoms with van der Waals surface area (Å²) in [4.78, 5) is 19.7. The largest absolute Gasteiger partial charge is 0.389 e. The Hall–Kier alpha value is -1.62. The highest BCUT2D eigenvalue weighted by Crippen LogP contribution is 2.23. The van der Waals surface area contributed by atoms with Gasteiger partial charge in [0.1, 0.15) is 5.82 Å². The summed E-state index contributed by atoms with van der Waals surface area (Å²) in [6, 6.07) is 3.64. The molecule has 0 radical (unpaired) electrons. The number of carbonyl (C=O) groups excluding carboxylic acids is 1. The molecular formula is C14H23N3O2. The number of aromatic nitrogens is 1. The molecule has 0 bridgehead atoms. The SMILES string of the molecule is CCCN(CC(=O)N(C)C)c1ncccc1[C@@H](C)O. The fraction of sp³-hybridized carbons (Fsp3) is 0.571. The van der Waals surface area contributed by atoms with E-state index < -0.39 is 6.10 Å². The molecule has 0 aromatic carbocycles. The third-order valence-electron chi connectivity index (χ3n) is 2.88. The van der Waals surface area contributed by atoms with Gasteiger partial charge in [0.25, 0.3) is 0 Å². The standard InChI is InChI=1S/C14H23N3O2/c1-5-9-17(10-13(19)16(3)4)14-12(11(2)18)7-6-8-15-14/h6-8,11,18H,5,9-10H2,1-4H3/t11-/m1/s1. The summed E-state index contributed by atoms with van der Waals surface area (Å²) in [6.07, 6.45) is 2.00. The summed E-state index contributed by atoms with van der Waals surface area (Å²) in [7, 11) is 3.47. The van der Waals surface area contributed by atoms with Gasteiger partial charge in [-0.15, -0.1) is 0 Å². The molecule has 0 aliphatic carbocycles. The van der Waals surface area contributed by atoms with Crippen LogP contribution < -0.4 is 4.90 Å². The summed E-state index contributed by atoms with van der Waals surface area (Å²) in [6.45, 7) is 4.77. The number of anilines is 1. The van der Waals surface area contributed by atoms with E-state index in [1.54, 1.807) is 38.2 Å². The smallest absolute Gasteiger partial charge is 0.241 e. The molecule has 5 heteroatoms. The average Bonchev–Trinajstić information content (AvgIpc) is 2.37. The highest BCUT2D eigenvalue weighted by Gasteiger charge is 2.18. The number of rotatable bonds is 6. The number of hydrogen-bond acceptors (Lipinski definition) is 4. The summed E-state index contributed by atoms with van der Waals surface area (Å²) in [5.41, 5.74) is 0.752. The molecule has 5 nitrogen and oxygen atoms in total. The number of nitrogens with zero attached hydrogens (tertiary/aromatic N) is 3. The van der Waals surface area contributed by atoms with E-state index in [9.17, 15) is 9.90 Å². The van der Waals surface area contributed by atoms with Gasteiger partial charge in [0.2, 0.25) is 5.91 Å². The lowest BCUT2D eigenvalue weighted by molar-refractivity contribution is -0.127. The fourth-order valence-electron chi connectivity index (χ4n) is 1.83. The van der Waals surface area contributed by atoms with Gasteiger partial charge in [-0.2, -0.15) is 0 Å². The van der Waals surface area contributed by atoms with E-state index in [4.69, 9.17) is 0 Å². The first-order valence-electron chi connectivity index (χ1n) is 6.55. The first-order chi connectivity index (χ1) is 8.97. The van der Waals surface area contributed by atoms with E-state index in [0.29, 0.717) is 5.82 Å². The second-order valence-electron chi connectivity index (χ2n) is 4.80. The van der Waals surface area contributed by atoms with Gasteiger partial charge in [0.05, 0.1) is 12.6 Å². The van der Waals surface area contributed by atoms with Crippen molar-refractivity contribution < 1.29 is 9.90 Å². The zero-order valence-corrected chi connectivity index (χ0v) is 12.1. The van der Waals surface area contributed by atoms with Gasteiger partial charge in [0, 0.05) is 32.4 Å². The van der Waals surface area contributed by atoms with Crippen LogP contribution in [0.2, 0.25) is 0 Å². The maximum Gasteiger partial charge on any atom is 0.241 e. The molecule has 0 unspecified atom stereocenters. The number of amides is 1. The molecule has 0 saturated carbocycles. The highest BCUT2D eigenvalue weighted by molar-refractivity contribution is 5.80. The molecular weight excluding hydrogens is 242 g/mol. The molecule has 1 heterocycles. The van der Waals surface area contributed by atoms with Crippen LogP contribution in [-0.4, -0.2) is 48.1 Å². The van der Waals surface area contributed by atoms with Crippen LogP contribution in [0.15, 0.2) is 18.3 Å². The second-order valence-corrected chi connectivity index (χ2v) is 4.80. The van der Waals surface area contributed by atoms with Gasteiger partial charge in [-0.25, -0.2) is 4.98 Å². The molecule has 1 rings (SSSR count). The van der Waals surface area contributed by atoms with Gasteiger partial charge < -0.3 is 14.9 Å². The predicted molar refractivity (Wildman–Crippen MR) is 76.1 cm³/mol. The van der Waals surface area contributed by atoms with Crippen LogP contribution in [-0.2, 0) is 4.79 Å². The summed E-state index contributed by atoms with van der Waals surface area (Å²) in [5, 5.41) is 9.80. The molecule has 0 spiro atoms. The number of carbonyl (C=O) groups is 1. The Balaban J connectivity index is 3.02. The maximum absolute atomic E-state index is 11.9. The molecule has 1 aromatic heterocycles. The number of aliphatic hydroxyl groups is 1. The number of pyridine rings is 1. The minimum Gasteiger partial charge on any atom is -0.389 e. The minimum atomic E-state index is -0.600. The Labute approximate surface area is 114 Å². The molecule has 106 valence electrons. The number of likely N-dealkylation sites (N-methyl/N-ethyl adjacent to an activating group) is 1. The van der Waals surface area contributed by atoms with Crippen molar-refractivity contribution in [3.05, 3.63) is 23.9 Å². The van der Waals surface area contributed by atoms with Crippen LogP contribution in [0, 0.1) is 0 Å². The monoisotopic (exact) mass is 265 g/mol. The van der Waals surface area contributed by atoms with Gasteiger partial charge >= 0.3 is 0 Å². The van der Waals surface area contributed by atoms with Gasteiger partial charge in [-0.05, 0) is 19.4 Å². The Bertz CT molecular complexity index is 419. The first-order valence-corrected chi connectivity index (χ1v) is 6.55. The van der Waals surface area contributed by atoms with Crippen molar-refractivity contribution in [1.29, 1.82) is 0 Å². The van der Waals surface area contributed by atoms with Crippen LogP contribution in [0.5, 0.6) is 0 Å². The third kappa shape index (κ3) is 4.21. The van der Waals surface area contributed by atoms with Gasteiger partial charge in [-0.1, -0.05) is 13.0 Å². The minimum absolute atomic E-state index is 0.0237. The molecule has 1 N–H and O–H groups in total. The van der Waals surface area contributed by atoms with Crippen molar-refractivity contribution in [2.45, 2.75) is 26.4 Å². The van der Waals surface area contributed by atoms with Gasteiger partial charge in [0.15, 0.2) is 0 Å². The molecule has 1 atom stereocenters. The van der Waals surface area contributed by atoms with Crippen molar-refractivity contribution >= 4 is 11.7 Å². The Morgan fingerprint density at radius 2 is 2.16 bits per heavy atom. The second kappa shape index (κ2) is 7.09. The van der Waals surface area contributed by atoms with Crippen molar-refractivity contribution in [1.82, 2.24) is 9.88 Å². The summed E-state index contributed by atoms with van der Waals surface area (Å²) in [5.74, 6) is 0.713. The zero-order valence-electron chi connectivity index (χ0n) is 12.1. The zero-order chi connectivity index (χ0) is 14.4. The van der Waals surface area contributed by atoms with Crippen molar-refractivity contribution in [2.24, 2.45) is 0 Å². The highest BCUT2D eigenvalue weighted by atomic mass is 16.3. The number of aliphatic hydroxyl groups excluding tert-OH is 1. The van der Waals surface area contributed by atoms with Crippen molar-refractivity contribution in [3.8, 4) is 0 Å². The first kappa shape index (κ1) is 15.4. The van der Waals surface area contributed by atoms with E-state index in [1.807, 2.05) is 11.0 Å². The summed E-state index contributed by atoms with van der Waals surface area (Å²) >= 11 is 0. The molecule has 1 amide bonds. The fourth-order valence-corrected chi connectivity index (χ4v) is 1.83. The van der Waals surface area contributed by atoms with Crippen LogP contribution >= 0.6 is 0 Å². The summed E-state index contributed by atoms with van der Waals surface area (Å²) < 4.78 is 0.